The Balaban J connectivity index is 2.12. The van der Waals surface area contributed by atoms with E-state index in [0.29, 0.717) is 17.7 Å². The van der Waals surface area contributed by atoms with Crippen molar-refractivity contribution in [2.45, 2.75) is 31.2 Å². The summed E-state index contributed by atoms with van der Waals surface area (Å²) in [5.41, 5.74) is 6.65. The number of hydrogen-bond donors (Lipinski definition) is 1. The third-order valence-corrected chi connectivity index (χ3v) is 4.86. The molecule has 0 bridgehead atoms. The predicted molar refractivity (Wildman–Crippen MR) is 70.8 cm³/mol. The van der Waals surface area contributed by atoms with Crippen LogP contribution in [0.3, 0.4) is 0 Å². The van der Waals surface area contributed by atoms with Gasteiger partial charge in [-0.15, -0.1) is 0 Å². The van der Waals surface area contributed by atoms with E-state index in [4.69, 9.17) is 10.5 Å². The van der Waals surface area contributed by atoms with Crippen LogP contribution in [-0.4, -0.2) is 26.9 Å². The highest BCUT2D eigenvalue weighted by molar-refractivity contribution is 7.90. The summed E-state index contributed by atoms with van der Waals surface area (Å²) in [6.07, 6.45) is 1.44. The molecule has 0 saturated carbocycles. The van der Waals surface area contributed by atoms with Crippen LogP contribution in [0.25, 0.3) is 0 Å². The molecular weight excluding hydrogens is 269 g/mol. The molecular formula is C13H18FNO3S. The second-order valence-corrected chi connectivity index (χ2v) is 6.92. The van der Waals surface area contributed by atoms with Gasteiger partial charge in [0.15, 0.2) is 9.84 Å². The molecule has 0 aliphatic carbocycles. The first kappa shape index (κ1) is 14.4. The van der Waals surface area contributed by atoms with Gasteiger partial charge in [0.25, 0.3) is 0 Å². The van der Waals surface area contributed by atoms with Crippen molar-refractivity contribution >= 4 is 9.84 Å². The molecule has 1 aliphatic heterocycles. The first-order valence-electron chi connectivity index (χ1n) is 6.29. The number of hydrogen-bond acceptors (Lipinski definition) is 4. The fraction of sp³-hybridized carbons (Fsp3) is 0.538. The SMILES string of the molecule is NCc1ccc(F)cc1CS(=O)(=O)CC1CCCO1. The molecule has 6 heteroatoms. The molecule has 1 aromatic rings. The Bertz CT molecular complexity index is 539. The molecule has 106 valence electrons. The van der Waals surface area contributed by atoms with Crippen LogP contribution in [0.1, 0.15) is 24.0 Å². The maximum absolute atomic E-state index is 13.2. The molecule has 1 unspecified atom stereocenters. The minimum Gasteiger partial charge on any atom is -0.377 e. The van der Waals surface area contributed by atoms with E-state index in [0.717, 1.165) is 12.8 Å². The normalized spacial score (nSPS) is 19.8. The molecule has 2 rings (SSSR count). The lowest BCUT2D eigenvalue weighted by atomic mass is 10.1. The highest BCUT2D eigenvalue weighted by Crippen LogP contribution is 2.19. The fourth-order valence-corrected chi connectivity index (χ4v) is 3.97. The highest BCUT2D eigenvalue weighted by atomic mass is 32.2. The van der Waals surface area contributed by atoms with Crippen LogP contribution in [0.4, 0.5) is 4.39 Å². The number of sulfone groups is 1. The van der Waals surface area contributed by atoms with Crippen LogP contribution >= 0.6 is 0 Å². The summed E-state index contributed by atoms with van der Waals surface area (Å²) in [7, 11) is -3.31. The largest absolute Gasteiger partial charge is 0.377 e. The summed E-state index contributed by atoms with van der Waals surface area (Å²) in [5.74, 6) is -0.635. The van der Waals surface area contributed by atoms with Gasteiger partial charge in [-0.2, -0.15) is 0 Å². The molecule has 0 radical (unpaired) electrons. The average molecular weight is 287 g/mol. The monoisotopic (exact) mass is 287 g/mol. The van der Waals surface area contributed by atoms with Gasteiger partial charge in [-0.1, -0.05) is 6.07 Å². The van der Waals surface area contributed by atoms with Crippen molar-refractivity contribution < 1.29 is 17.5 Å². The highest BCUT2D eigenvalue weighted by Gasteiger charge is 2.24. The molecule has 19 heavy (non-hydrogen) atoms. The second-order valence-electron chi connectivity index (χ2n) is 4.81. The number of benzene rings is 1. The van der Waals surface area contributed by atoms with Crippen molar-refractivity contribution in [3.8, 4) is 0 Å². The molecule has 1 atom stereocenters. The lowest BCUT2D eigenvalue weighted by Gasteiger charge is -2.12. The Kier molecular flexibility index (Phi) is 4.54. The van der Waals surface area contributed by atoms with E-state index in [1.807, 2.05) is 0 Å². The summed E-state index contributed by atoms with van der Waals surface area (Å²) in [4.78, 5) is 0. The molecule has 1 aliphatic rings. The number of halogens is 1. The van der Waals surface area contributed by atoms with Gasteiger partial charge >= 0.3 is 0 Å². The quantitative estimate of drug-likeness (QED) is 0.888. The minimum atomic E-state index is -3.31. The van der Waals surface area contributed by atoms with Crippen LogP contribution in [0, 0.1) is 5.82 Å². The van der Waals surface area contributed by atoms with Gasteiger partial charge < -0.3 is 10.5 Å². The van der Waals surface area contributed by atoms with E-state index in [9.17, 15) is 12.8 Å². The summed E-state index contributed by atoms with van der Waals surface area (Å²) in [6.45, 7) is 0.819. The summed E-state index contributed by atoms with van der Waals surface area (Å²) >= 11 is 0. The van der Waals surface area contributed by atoms with Gasteiger partial charge in [-0.25, -0.2) is 12.8 Å². The Labute approximate surface area is 112 Å². The van der Waals surface area contributed by atoms with Crippen molar-refractivity contribution in [2.24, 2.45) is 5.73 Å². The molecule has 1 saturated heterocycles. The lowest BCUT2D eigenvalue weighted by Crippen LogP contribution is -2.22. The molecule has 0 aromatic heterocycles. The molecule has 0 amide bonds. The van der Waals surface area contributed by atoms with Crippen LogP contribution in [0.15, 0.2) is 18.2 Å². The Hall–Kier alpha value is -0.980. The zero-order valence-electron chi connectivity index (χ0n) is 10.6. The Morgan fingerprint density at radius 1 is 1.37 bits per heavy atom. The predicted octanol–water partition coefficient (Wildman–Crippen LogP) is 1.38. The second kappa shape index (κ2) is 5.98. The van der Waals surface area contributed by atoms with E-state index >= 15 is 0 Å². The topological polar surface area (TPSA) is 69.4 Å². The summed E-state index contributed by atoms with van der Waals surface area (Å²) in [6, 6.07) is 4.07. The zero-order valence-corrected chi connectivity index (χ0v) is 11.5. The zero-order chi connectivity index (χ0) is 13.9. The first-order valence-corrected chi connectivity index (χ1v) is 8.12. The molecule has 0 spiro atoms. The van der Waals surface area contributed by atoms with Crippen LogP contribution in [-0.2, 0) is 26.9 Å². The Morgan fingerprint density at radius 3 is 2.79 bits per heavy atom. The lowest BCUT2D eigenvalue weighted by molar-refractivity contribution is 0.127. The molecule has 1 aromatic carbocycles. The van der Waals surface area contributed by atoms with Crippen molar-refractivity contribution in [2.75, 3.05) is 12.4 Å². The van der Waals surface area contributed by atoms with E-state index < -0.39 is 15.7 Å². The van der Waals surface area contributed by atoms with Gasteiger partial charge in [0.05, 0.1) is 17.6 Å². The van der Waals surface area contributed by atoms with Crippen molar-refractivity contribution in [1.29, 1.82) is 0 Å². The third kappa shape index (κ3) is 3.99. The maximum Gasteiger partial charge on any atom is 0.157 e. The van der Waals surface area contributed by atoms with Gasteiger partial charge in [0.1, 0.15) is 5.82 Å². The van der Waals surface area contributed by atoms with Gasteiger partial charge in [-0.3, -0.25) is 0 Å². The van der Waals surface area contributed by atoms with E-state index in [2.05, 4.69) is 0 Å². The van der Waals surface area contributed by atoms with Gasteiger partial charge in [-0.05, 0) is 36.1 Å². The van der Waals surface area contributed by atoms with E-state index in [1.165, 1.54) is 18.2 Å². The molecule has 1 fully saturated rings. The third-order valence-electron chi connectivity index (χ3n) is 3.23. The minimum absolute atomic E-state index is 0.00642. The first-order chi connectivity index (χ1) is 9.00. The molecule has 1 heterocycles. The summed E-state index contributed by atoms with van der Waals surface area (Å²) in [5, 5.41) is 0. The molecule has 2 N–H and O–H groups in total. The van der Waals surface area contributed by atoms with Gasteiger partial charge in [0.2, 0.25) is 0 Å². The van der Waals surface area contributed by atoms with Crippen molar-refractivity contribution in [3.05, 3.63) is 35.1 Å². The number of nitrogens with two attached hydrogens (primary N) is 1. The smallest absolute Gasteiger partial charge is 0.157 e. The Morgan fingerprint density at radius 2 is 2.16 bits per heavy atom. The number of ether oxygens (including phenoxy) is 1. The standard InChI is InChI=1S/C13H18FNO3S/c14-12-4-3-10(7-15)11(6-12)8-19(16,17)9-13-2-1-5-18-13/h3-4,6,13H,1-2,5,7-9,15H2. The fourth-order valence-electron chi connectivity index (χ4n) is 2.28. The average Bonchev–Trinajstić information content (AvgIpc) is 2.80. The number of rotatable bonds is 5. The van der Waals surface area contributed by atoms with Crippen LogP contribution < -0.4 is 5.73 Å². The summed E-state index contributed by atoms with van der Waals surface area (Å²) < 4.78 is 42.7. The van der Waals surface area contributed by atoms with Crippen molar-refractivity contribution in [3.63, 3.8) is 0 Å². The van der Waals surface area contributed by atoms with E-state index in [1.54, 1.807) is 0 Å². The van der Waals surface area contributed by atoms with Crippen LogP contribution in [0.2, 0.25) is 0 Å². The van der Waals surface area contributed by atoms with Crippen LogP contribution in [0.5, 0.6) is 0 Å². The van der Waals surface area contributed by atoms with E-state index in [-0.39, 0.29) is 24.2 Å². The molecule has 4 nitrogen and oxygen atoms in total. The van der Waals surface area contributed by atoms with Gasteiger partial charge in [0, 0.05) is 13.2 Å². The van der Waals surface area contributed by atoms with Crippen molar-refractivity contribution in [1.82, 2.24) is 0 Å². The maximum atomic E-state index is 13.2.